The molecule has 0 aliphatic carbocycles. The van der Waals surface area contributed by atoms with E-state index in [1.807, 2.05) is 18.4 Å². The molecular formula is C24H32FN3O3S. The van der Waals surface area contributed by atoms with Crippen LogP contribution in [0.1, 0.15) is 38.6 Å². The number of rotatable bonds is 10. The van der Waals surface area contributed by atoms with Crippen molar-refractivity contribution in [3.63, 3.8) is 0 Å². The predicted molar refractivity (Wildman–Crippen MR) is 125 cm³/mol. The summed E-state index contributed by atoms with van der Waals surface area (Å²) in [4.78, 5) is 4.72. The summed E-state index contributed by atoms with van der Waals surface area (Å²) in [6.07, 6.45) is 0.720. The Morgan fingerprint density at radius 2 is 1.84 bits per heavy atom. The van der Waals surface area contributed by atoms with Gasteiger partial charge in [0, 0.05) is 26.2 Å². The lowest BCUT2D eigenvalue weighted by atomic mass is 10.0. The molecule has 1 heterocycles. The van der Waals surface area contributed by atoms with Gasteiger partial charge in [0.2, 0.25) is 10.0 Å². The van der Waals surface area contributed by atoms with E-state index >= 15 is 0 Å². The number of likely N-dealkylation sites (N-methyl/N-ethyl adjacent to an activating group) is 1. The molecule has 174 valence electrons. The number of aryl methyl sites for hydroxylation is 1. The lowest BCUT2D eigenvalue weighted by Gasteiger charge is -2.28. The summed E-state index contributed by atoms with van der Waals surface area (Å²) in [6.45, 7) is 9.31. The number of benzene rings is 2. The van der Waals surface area contributed by atoms with E-state index in [0.717, 1.165) is 23.3 Å². The Kier molecular flexibility index (Phi) is 7.69. The molecule has 0 aliphatic rings. The van der Waals surface area contributed by atoms with E-state index in [1.165, 1.54) is 16.4 Å². The molecule has 3 rings (SSSR count). The molecular weight excluding hydrogens is 429 g/mol. The molecule has 0 saturated carbocycles. The van der Waals surface area contributed by atoms with Crippen molar-refractivity contribution in [2.24, 2.45) is 5.92 Å². The molecule has 3 aromatic rings. The van der Waals surface area contributed by atoms with E-state index in [9.17, 15) is 12.8 Å². The van der Waals surface area contributed by atoms with Crippen LogP contribution in [0.5, 0.6) is 0 Å². The van der Waals surface area contributed by atoms with Crippen LogP contribution in [0.2, 0.25) is 0 Å². The summed E-state index contributed by atoms with van der Waals surface area (Å²) in [5, 5.41) is 0. The van der Waals surface area contributed by atoms with Crippen LogP contribution in [0, 0.1) is 18.7 Å². The molecule has 8 heteroatoms. The van der Waals surface area contributed by atoms with Gasteiger partial charge in [-0.2, -0.15) is 4.31 Å². The third-order valence-corrected chi connectivity index (χ3v) is 7.54. The second-order valence-corrected chi connectivity index (χ2v) is 10.5. The number of hydrogen-bond acceptors (Lipinski definition) is 4. The van der Waals surface area contributed by atoms with Crippen molar-refractivity contribution < 1.29 is 17.5 Å². The van der Waals surface area contributed by atoms with Gasteiger partial charge < -0.3 is 9.30 Å². The molecule has 0 spiro atoms. The quantitative estimate of drug-likeness (QED) is 0.443. The van der Waals surface area contributed by atoms with Gasteiger partial charge in [-0.25, -0.2) is 17.8 Å². The van der Waals surface area contributed by atoms with E-state index in [1.54, 1.807) is 37.4 Å². The maximum absolute atomic E-state index is 13.7. The van der Waals surface area contributed by atoms with Crippen LogP contribution in [0.15, 0.2) is 47.4 Å². The summed E-state index contributed by atoms with van der Waals surface area (Å²) < 4.78 is 49.1. The Morgan fingerprint density at radius 3 is 2.47 bits per heavy atom. The number of halogens is 1. The molecule has 0 aliphatic heterocycles. The fraction of sp³-hybridized carbons (Fsp3) is 0.458. The highest BCUT2D eigenvalue weighted by molar-refractivity contribution is 7.89. The molecule has 2 aromatic carbocycles. The average molecular weight is 462 g/mol. The summed E-state index contributed by atoms with van der Waals surface area (Å²) in [5.41, 5.74) is 2.35. The zero-order valence-corrected chi connectivity index (χ0v) is 20.2. The minimum Gasteiger partial charge on any atom is -0.380 e. The maximum atomic E-state index is 13.7. The molecule has 0 saturated heterocycles. The SMILES string of the molecule is CCOCC(CC(C)C)N(C)S(=O)(=O)c1ccc(Cn2c(C)nc3ccc(F)cc32)cc1. The Balaban J connectivity index is 1.83. The van der Waals surface area contributed by atoms with Crippen molar-refractivity contribution in [2.45, 2.75) is 51.6 Å². The van der Waals surface area contributed by atoms with Gasteiger partial charge in [-0.15, -0.1) is 0 Å². The average Bonchev–Trinajstić information content (AvgIpc) is 3.05. The van der Waals surface area contributed by atoms with Crippen molar-refractivity contribution >= 4 is 21.1 Å². The number of nitrogens with zero attached hydrogens (tertiary/aromatic N) is 3. The highest BCUT2D eigenvalue weighted by atomic mass is 32.2. The first-order chi connectivity index (χ1) is 15.1. The first kappa shape index (κ1) is 24.4. The zero-order valence-electron chi connectivity index (χ0n) is 19.4. The van der Waals surface area contributed by atoms with E-state index in [-0.39, 0.29) is 16.8 Å². The smallest absolute Gasteiger partial charge is 0.243 e. The lowest BCUT2D eigenvalue weighted by Crippen LogP contribution is -2.41. The second-order valence-electron chi connectivity index (χ2n) is 8.49. The van der Waals surface area contributed by atoms with Gasteiger partial charge in [-0.05, 0) is 62.1 Å². The number of fused-ring (bicyclic) bond motifs is 1. The molecule has 1 atom stereocenters. The minimum absolute atomic E-state index is 0.227. The van der Waals surface area contributed by atoms with E-state index in [2.05, 4.69) is 18.8 Å². The third-order valence-electron chi connectivity index (χ3n) is 5.61. The highest BCUT2D eigenvalue weighted by Crippen LogP contribution is 2.23. The van der Waals surface area contributed by atoms with Gasteiger partial charge >= 0.3 is 0 Å². The van der Waals surface area contributed by atoms with E-state index in [4.69, 9.17) is 4.74 Å². The largest absolute Gasteiger partial charge is 0.380 e. The van der Waals surface area contributed by atoms with Gasteiger partial charge in [0.25, 0.3) is 0 Å². The highest BCUT2D eigenvalue weighted by Gasteiger charge is 2.28. The number of hydrogen-bond donors (Lipinski definition) is 0. The molecule has 1 unspecified atom stereocenters. The molecule has 6 nitrogen and oxygen atoms in total. The fourth-order valence-electron chi connectivity index (χ4n) is 3.85. The van der Waals surface area contributed by atoms with Crippen LogP contribution in [-0.4, -0.2) is 48.6 Å². The van der Waals surface area contributed by atoms with E-state index in [0.29, 0.717) is 31.2 Å². The van der Waals surface area contributed by atoms with Crippen molar-refractivity contribution in [1.29, 1.82) is 0 Å². The molecule has 1 aromatic heterocycles. The summed E-state index contributed by atoms with van der Waals surface area (Å²) in [7, 11) is -2.04. The second kappa shape index (κ2) is 10.1. The predicted octanol–water partition coefficient (Wildman–Crippen LogP) is 4.60. The molecule has 0 bridgehead atoms. The lowest BCUT2D eigenvalue weighted by molar-refractivity contribution is 0.0954. The monoisotopic (exact) mass is 461 g/mol. The Labute approximate surface area is 190 Å². The Bertz CT molecular complexity index is 1160. The Hall–Kier alpha value is -2.29. The normalized spacial score (nSPS) is 13.4. The molecule has 32 heavy (non-hydrogen) atoms. The topological polar surface area (TPSA) is 64.4 Å². The van der Waals surface area contributed by atoms with Crippen LogP contribution in [0.4, 0.5) is 4.39 Å². The van der Waals surface area contributed by atoms with E-state index < -0.39 is 10.0 Å². The first-order valence-corrected chi connectivity index (χ1v) is 12.3. The molecule has 0 fully saturated rings. The van der Waals surface area contributed by atoms with Gasteiger partial charge in [-0.1, -0.05) is 26.0 Å². The van der Waals surface area contributed by atoms with Gasteiger partial charge in [0.15, 0.2) is 0 Å². The molecule has 0 amide bonds. The van der Waals surface area contributed by atoms with Crippen LogP contribution >= 0.6 is 0 Å². The van der Waals surface area contributed by atoms with Crippen LogP contribution in [0.25, 0.3) is 11.0 Å². The van der Waals surface area contributed by atoms with Crippen molar-refractivity contribution in [3.8, 4) is 0 Å². The van der Waals surface area contributed by atoms with Crippen molar-refractivity contribution in [1.82, 2.24) is 13.9 Å². The van der Waals surface area contributed by atoms with Gasteiger partial charge in [-0.3, -0.25) is 0 Å². The minimum atomic E-state index is -3.66. The number of imidazole rings is 1. The van der Waals surface area contributed by atoms with Crippen LogP contribution in [0.3, 0.4) is 0 Å². The summed E-state index contributed by atoms with van der Waals surface area (Å²) in [6, 6.07) is 11.2. The zero-order chi connectivity index (χ0) is 23.5. The standard InChI is InChI=1S/C24H32FN3O3S/c1-6-31-16-21(13-17(2)3)27(5)32(29,30)22-10-7-19(8-11-22)15-28-18(4)26-23-12-9-20(25)14-24(23)28/h7-12,14,17,21H,6,13,15-16H2,1-5H3. The van der Waals surface area contributed by atoms with Crippen molar-refractivity contribution in [3.05, 3.63) is 59.7 Å². The number of ether oxygens (including phenoxy) is 1. The molecule has 0 N–H and O–H groups in total. The number of aromatic nitrogens is 2. The maximum Gasteiger partial charge on any atom is 0.243 e. The summed E-state index contributed by atoms with van der Waals surface area (Å²) >= 11 is 0. The fourth-order valence-corrected chi connectivity index (χ4v) is 5.20. The van der Waals surface area contributed by atoms with Crippen molar-refractivity contribution in [2.75, 3.05) is 20.3 Å². The Morgan fingerprint density at radius 1 is 1.16 bits per heavy atom. The number of sulfonamides is 1. The summed E-state index contributed by atoms with van der Waals surface area (Å²) in [5.74, 6) is 0.805. The van der Waals surface area contributed by atoms with Gasteiger partial charge in [0.1, 0.15) is 11.6 Å². The van der Waals surface area contributed by atoms with Gasteiger partial charge in [0.05, 0.1) is 22.5 Å². The molecule has 0 radical (unpaired) electrons. The first-order valence-electron chi connectivity index (χ1n) is 10.9. The third kappa shape index (κ3) is 5.36. The van der Waals surface area contributed by atoms with Crippen LogP contribution < -0.4 is 0 Å². The van der Waals surface area contributed by atoms with Crippen LogP contribution in [-0.2, 0) is 21.3 Å².